The molecular weight excluding hydrogens is 338 g/mol. The van der Waals surface area contributed by atoms with Gasteiger partial charge in [-0.25, -0.2) is 8.78 Å². The second-order valence-electron chi connectivity index (χ2n) is 6.46. The minimum absolute atomic E-state index is 0.461. The van der Waals surface area contributed by atoms with Crippen LogP contribution in [-0.2, 0) is 6.42 Å². The van der Waals surface area contributed by atoms with Gasteiger partial charge >= 0.3 is 0 Å². The fourth-order valence-electron chi connectivity index (χ4n) is 3.11. The standard InChI is InChI=1S/C22H21ClF2/c1-2-3-4-5-6-15-7-8-17-12-18(10-9-16(17)11-15)19-13-20(24)22(23)21(25)14-19/h7-14H,2-6H2,1H3. The Labute approximate surface area is 152 Å². The fraction of sp³-hybridized carbons (Fsp3) is 0.273. The Hall–Kier alpha value is -1.93. The van der Waals surface area contributed by atoms with Gasteiger partial charge in [0, 0.05) is 0 Å². The third-order valence-corrected chi connectivity index (χ3v) is 4.90. The van der Waals surface area contributed by atoms with Gasteiger partial charge in [-0.1, -0.05) is 68.1 Å². The van der Waals surface area contributed by atoms with Crippen molar-refractivity contribution in [2.75, 3.05) is 0 Å². The van der Waals surface area contributed by atoms with E-state index in [0.717, 1.165) is 22.8 Å². The predicted octanol–water partition coefficient (Wildman–Crippen LogP) is 7.56. The van der Waals surface area contributed by atoms with Gasteiger partial charge in [0.25, 0.3) is 0 Å². The van der Waals surface area contributed by atoms with E-state index in [0.29, 0.717) is 5.56 Å². The van der Waals surface area contributed by atoms with Gasteiger partial charge in [0.15, 0.2) is 0 Å². The quantitative estimate of drug-likeness (QED) is 0.315. The number of rotatable bonds is 6. The van der Waals surface area contributed by atoms with Crippen molar-refractivity contribution >= 4 is 22.4 Å². The number of fused-ring (bicyclic) bond motifs is 1. The van der Waals surface area contributed by atoms with Gasteiger partial charge in [-0.15, -0.1) is 0 Å². The zero-order chi connectivity index (χ0) is 17.8. The Morgan fingerprint density at radius 3 is 2.16 bits per heavy atom. The molecule has 3 aromatic carbocycles. The van der Waals surface area contributed by atoms with Gasteiger partial charge in [-0.3, -0.25) is 0 Å². The van der Waals surface area contributed by atoms with Crippen LogP contribution in [0.3, 0.4) is 0 Å². The highest BCUT2D eigenvalue weighted by atomic mass is 35.5. The fourth-order valence-corrected chi connectivity index (χ4v) is 3.22. The molecule has 0 aliphatic heterocycles. The summed E-state index contributed by atoms with van der Waals surface area (Å²) in [5, 5.41) is 1.74. The van der Waals surface area contributed by atoms with Crippen molar-refractivity contribution in [1.29, 1.82) is 0 Å². The molecule has 0 nitrogen and oxygen atoms in total. The molecule has 3 rings (SSSR count). The highest BCUT2D eigenvalue weighted by Crippen LogP contribution is 2.29. The van der Waals surface area contributed by atoms with Crippen LogP contribution in [0.2, 0.25) is 5.02 Å². The van der Waals surface area contributed by atoms with E-state index in [9.17, 15) is 8.78 Å². The SMILES string of the molecule is CCCCCCc1ccc2cc(-c3cc(F)c(Cl)c(F)c3)ccc2c1. The Morgan fingerprint density at radius 1 is 0.760 bits per heavy atom. The van der Waals surface area contributed by atoms with Crippen molar-refractivity contribution in [2.45, 2.75) is 39.0 Å². The van der Waals surface area contributed by atoms with Crippen molar-refractivity contribution in [3.8, 4) is 11.1 Å². The van der Waals surface area contributed by atoms with Crippen LogP contribution in [0, 0.1) is 11.6 Å². The van der Waals surface area contributed by atoms with Crippen molar-refractivity contribution in [3.05, 3.63) is 70.8 Å². The maximum Gasteiger partial charge on any atom is 0.145 e. The lowest BCUT2D eigenvalue weighted by molar-refractivity contribution is 0.585. The molecule has 0 atom stereocenters. The molecule has 0 bridgehead atoms. The van der Waals surface area contributed by atoms with Crippen molar-refractivity contribution in [3.63, 3.8) is 0 Å². The molecular formula is C22H21ClF2. The molecule has 0 N–H and O–H groups in total. The van der Waals surface area contributed by atoms with E-state index in [-0.39, 0.29) is 0 Å². The Balaban J connectivity index is 1.86. The molecule has 0 unspecified atom stereocenters. The zero-order valence-electron chi connectivity index (χ0n) is 14.3. The van der Waals surface area contributed by atoms with E-state index in [4.69, 9.17) is 11.6 Å². The van der Waals surface area contributed by atoms with Crippen molar-refractivity contribution in [2.24, 2.45) is 0 Å². The zero-order valence-corrected chi connectivity index (χ0v) is 15.0. The number of benzene rings is 3. The Bertz CT molecular complexity index is 863. The summed E-state index contributed by atoms with van der Waals surface area (Å²) >= 11 is 5.56. The summed E-state index contributed by atoms with van der Waals surface area (Å²) in [5.41, 5.74) is 2.60. The number of halogens is 3. The molecule has 25 heavy (non-hydrogen) atoms. The molecule has 0 saturated carbocycles. The lowest BCUT2D eigenvalue weighted by atomic mass is 9.98. The minimum atomic E-state index is -0.737. The summed E-state index contributed by atoms with van der Waals surface area (Å²) in [6.45, 7) is 2.21. The molecule has 130 valence electrons. The first-order valence-corrected chi connectivity index (χ1v) is 9.14. The first kappa shape index (κ1) is 17.9. The Kier molecular flexibility index (Phi) is 5.70. The second-order valence-corrected chi connectivity index (χ2v) is 6.84. The molecule has 0 heterocycles. The molecule has 0 spiro atoms. The van der Waals surface area contributed by atoms with Crippen LogP contribution in [0.15, 0.2) is 48.5 Å². The van der Waals surface area contributed by atoms with Crippen LogP contribution in [0.4, 0.5) is 8.78 Å². The first-order chi connectivity index (χ1) is 12.1. The second kappa shape index (κ2) is 7.97. The Morgan fingerprint density at radius 2 is 1.44 bits per heavy atom. The number of unbranched alkanes of at least 4 members (excludes halogenated alkanes) is 3. The molecule has 0 saturated heterocycles. The third kappa shape index (κ3) is 4.19. The monoisotopic (exact) mass is 358 g/mol. The third-order valence-electron chi connectivity index (χ3n) is 4.54. The van der Waals surface area contributed by atoms with Crippen LogP contribution in [0.5, 0.6) is 0 Å². The van der Waals surface area contributed by atoms with Crippen molar-refractivity contribution in [1.82, 2.24) is 0 Å². The van der Waals surface area contributed by atoms with Crippen LogP contribution < -0.4 is 0 Å². The smallest absolute Gasteiger partial charge is 0.145 e. The van der Waals surface area contributed by atoms with Gasteiger partial charge in [-0.05, 0) is 58.5 Å². The number of hydrogen-bond acceptors (Lipinski definition) is 0. The summed E-state index contributed by atoms with van der Waals surface area (Å²) in [6.07, 6.45) is 6.09. The topological polar surface area (TPSA) is 0 Å². The summed E-state index contributed by atoms with van der Waals surface area (Å²) in [6, 6.07) is 14.8. The average Bonchev–Trinajstić information content (AvgIpc) is 2.62. The molecule has 0 radical (unpaired) electrons. The average molecular weight is 359 g/mol. The van der Waals surface area contributed by atoms with E-state index in [1.165, 1.54) is 43.4 Å². The van der Waals surface area contributed by atoms with E-state index >= 15 is 0 Å². The van der Waals surface area contributed by atoms with E-state index in [1.54, 1.807) is 0 Å². The number of hydrogen-bond donors (Lipinski definition) is 0. The van der Waals surface area contributed by atoms with Crippen LogP contribution in [-0.4, -0.2) is 0 Å². The lowest BCUT2D eigenvalue weighted by Crippen LogP contribution is -1.89. The van der Waals surface area contributed by atoms with E-state index < -0.39 is 16.7 Å². The van der Waals surface area contributed by atoms with Gasteiger partial charge in [-0.2, -0.15) is 0 Å². The lowest BCUT2D eigenvalue weighted by Gasteiger charge is -2.08. The van der Waals surface area contributed by atoms with Gasteiger partial charge < -0.3 is 0 Å². The maximum absolute atomic E-state index is 13.7. The van der Waals surface area contributed by atoms with Gasteiger partial charge in [0.05, 0.1) is 0 Å². The molecule has 3 heteroatoms. The van der Waals surface area contributed by atoms with Crippen LogP contribution in [0.25, 0.3) is 21.9 Å². The summed E-state index contributed by atoms with van der Waals surface area (Å²) in [7, 11) is 0. The molecule has 3 aromatic rings. The maximum atomic E-state index is 13.7. The minimum Gasteiger partial charge on any atom is -0.205 e. The summed E-state index contributed by atoms with van der Waals surface area (Å²) in [5.74, 6) is -1.47. The largest absolute Gasteiger partial charge is 0.205 e. The predicted molar refractivity (Wildman–Crippen MR) is 102 cm³/mol. The normalized spacial score (nSPS) is 11.2. The summed E-state index contributed by atoms with van der Waals surface area (Å²) in [4.78, 5) is 0. The molecule has 0 aliphatic rings. The molecule has 0 aromatic heterocycles. The van der Waals surface area contributed by atoms with Crippen LogP contribution >= 0.6 is 11.6 Å². The first-order valence-electron chi connectivity index (χ1n) is 8.76. The highest BCUT2D eigenvalue weighted by molar-refractivity contribution is 6.31. The van der Waals surface area contributed by atoms with Crippen molar-refractivity contribution < 1.29 is 8.78 Å². The highest BCUT2D eigenvalue weighted by Gasteiger charge is 2.10. The van der Waals surface area contributed by atoms with Crippen LogP contribution in [0.1, 0.15) is 38.2 Å². The molecule has 0 amide bonds. The molecule has 0 aliphatic carbocycles. The van der Waals surface area contributed by atoms with Gasteiger partial charge in [0.2, 0.25) is 0 Å². The van der Waals surface area contributed by atoms with E-state index in [2.05, 4.69) is 25.1 Å². The summed E-state index contributed by atoms with van der Waals surface area (Å²) < 4.78 is 27.4. The van der Waals surface area contributed by atoms with Gasteiger partial charge in [0.1, 0.15) is 16.7 Å². The van der Waals surface area contributed by atoms with E-state index in [1.807, 2.05) is 18.2 Å². The molecule has 0 fully saturated rings. The number of aryl methyl sites for hydroxylation is 1.